The smallest absolute Gasteiger partial charge is 0.408 e. The number of benzene rings is 1. The van der Waals surface area contributed by atoms with Crippen molar-refractivity contribution in [2.45, 2.75) is 26.4 Å². The highest BCUT2D eigenvalue weighted by Gasteiger charge is 2.17. The number of alkyl carbamates (subject to hydrolysis) is 1. The standard InChI is InChI=1S/C15H21ClN2O5/c1-15(2,3)23-14(20)17-8-13(19)18-10-6-9(16)11(21-4)7-12(10)22-5/h6-7H,8H2,1-5H3,(H,17,20)(H,18,19). The second-order valence-electron chi connectivity index (χ2n) is 5.59. The molecule has 0 spiro atoms. The first-order valence-corrected chi connectivity index (χ1v) is 7.22. The molecule has 1 rings (SSSR count). The number of amides is 2. The summed E-state index contributed by atoms with van der Waals surface area (Å²) in [5, 5.41) is 5.28. The lowest BCUT2D eigenvalue weighted by molar-refractivity contribution is -0.115. The van der Waals surface area contributed by atoms with E-state index in [-0.39, 0.29) is 6.54 Å². The monoisotopic (exact) mass is 344 g/mol. The van der Waals surface area contributed by atoms with E-state index in [2.05, 4.69) is 10.6 Å². The molecule has 1 aromatic rings. The molecule has 0 heterocycles. The fourth-order valence-corrected chi connectivity index (χ4v) is 1.86. The first kappa shape index (κ1) is 18.9. The van der Waals surface area contributed by atoms with Crippen molar-refractivity contribution in [3.8, 4) is 11.5 Å². The molecule has 0 radical (unpaired) electrons. The summed E-state index contributed by atoms with van der Waals surface area (Å²) in [6, 6.07) is 3.06. The van der Waals surface area contributed by atoms with Crippen LogP contribution in [0.1, 0.15) is 20.8 Å². The zero-order chi connectivity index (χ0) is 17.6. The number of carbonyl (C=O) groups is 2. The van der Waals surface area contributed by atoms with Crippen LogP contribution in [0.5, 0.6) is 11.5 Å². The van der Waals surface area contributed by atoms with Crippen LogP contribution in [-0.4, -0.2) is 38.4 Å². The third-order valence-electron chi connectivity index (χ3n) is 2.54. The van der Waals surface area contributed by atoms with Crippen LogP contribution in [0, 0.1) is 0 Å². The van der Waals surface area contributed by atoms with Crippen LogP contribution in [0.4, 0.5) is 10.5 Å². The quantitative estimate of drug-likeness (QED) is 0.857. The first-order valence-electron chi connectivity index (χ1n) is 6.84. The average Bonchev–Trinajstić information content (AvgIpc) is 2.43. The Morgan fingerprint density at radius 3 is 2.26 bits per heavy atom. The second kappa shape index (κ2) is 7.92. The van der Waals surface area contributed by atoms with Gasteiger partial charge in [0, 0.05) is 6.07 Å². The van der Waals surface area contributed by atoms with E-state index in [9.17, 15) is 9.59 Å². The highest BCUT2D eigenvalue weighted by molar-refractivity contribution is 6.32. The number of hydrogen-bond acceptors (Lipinski definition) is 5. The van der Waals surface area contributed by atoms with Crippen molar-refractivity contribution in [3.63, 3.8) is 0 Å². The summed E-state index contributed by atoms with van der Waals surface area (Å²) >= 11 is 6.02. The van der Waals surface area contributed by atoms with Gasteiger partial charge in [-0.05, 0) is 26.8 Å². The minimum atomic E-state index is -0.674. The minimum absolute atomic E-state index is 0.248. The van der Waals surface area contributed by atoms with Crippen LogP contribution in [0.15, 0.2) is 12.1 Å². The Kier molecular flexibility index (Phi) is 6.50. The predicted molar refractivity (Wildman–Crippen MR) is 87.4 cm³/mol. The number of halogens is 1. The summed E-state index contributed by atoms with van der Waals surface area (Å²) in [6.07, 6.45) is -0.674. The number of nitrogens with one attached hydrogen (secondary N) is 2. The molecule has 1 aromatic carbocycles. The summed E-state index contributed by atoms with van der Waals surface area (Å²) in [7, 11) is 2.93. The molecule has 2 N–H and O–H groups in total. The molecule has 0 saturated heterocycles. The molecule has 0 unspecified atom stereocenters. The molecular weight excluding hydrogens is 324 g/mol. The molecule has 0 aliphatic carbocycles. The molecule has 23 heavy (non-hydrogen) atoms. The van der Waals surface area contributed by atoms with Gasteiger partial charge in [-0.1, -0.05) is 11.6 Å². The number of hydrogen-bond donors (Lipinski definition) is 2. The SMILES string of the molecule is COc1cc(OC)c(NC(=O)CNC(=O)OC(C)(C)C)cc1Cl. The number of anilines is 1. The Balaban J connectivity index is 2.67. The summed E-state index contributed by atoms with van der Waals surface area (Å²) < 4.78 is 15.3. The summed E-state index contributed by atoms with van der Waals surface area (Å²) in [4.78, 5) is 23.4. The fraction of sp³-hybridized carbons (Fsp3) is 0.467. The Bertz CT molecular complexity index is 584. The highest BCUT2D eigenvalue weighted by Crippen LogP contribution is 2.35. The topological polar surface area (TPSA) is 85.9 Å². The maximum absolute atomic E-state index is 11.9. The highest BCUT2D eigenvalue weighted by atomic mass is 35.5. The van der Waals surface area contributed by atoms with Crippen molar-refractivity contribution < 1.29 is 23.8 Å². The molecule has 128 valence electrons. The van der Waals surface area contributed by atoms with Crippen LogP contribution in [0.2, 0.25) is 5.02 Å². The molecule has 0 atom stereocenters. The van der Waals surface area contributed by atoms with Crippen molar-refractivity contribution in [2.75, 3.05) is 26.1 Å². The van der Waals surface area contributed by atoms with Crippen molar-refractivity contribution in [1.82, 2.24) is 5.32 Å². The molecule has 0 aromatic heterocycles. The maximum Gasteiger partial charge on any atom is 0.408 e. The Morgan fingerprint density at radius 2 is 1.74 bits per heavy atom. The van der Waals surface area contributed by atoms with Gasteiger partial charge in [0.15, 0.2) is 0 Å². The number of carbonyl (C=O) groups excluding carboxylic acids is 2. The third kappa shape index (κ3) is 6.23. The summed E-state index contributed by atoms with van der Waals surface area (Å²) in [5.41, 5.74) is -0.262. The van der Waals surface area contributed by atoms with Crippen molar-refractivity contribution in [2.24, 2.45) is 0 Å². The molecule has 0 aliphatic heterocycles. The van der Waals surface area contributed by atoms with Gasteiger partial charge in [0.25, 0.3) is 0 Å². The van der Waals surface area contributed by atoms with Gasteiger partial charge < -0.3 is 24.8 Å². The van der Waals surface area contributed by atoms with E-state index in [1.54, 1.807) is 26.8 Å². The molecule has 8 heteroatoms. The van der Waals surface area contributed by atoms with E-state index >= 15 is 0 Å². The van der Waals surface area contributed by atoms with Gasteiger partial charge in [-0.3, -0.25) is 4.79 Å². The zero-order valence-electron chi connectivity index (χ0n) is 13.8. The van der Waals surface area contributed by atoms with Crippen molar-refractivity contribution >= 4 is 29.3 Å². The minimum Gasteiger partial charge on any atom is -0.495 e. The summed E-state index contributed by atoms with van der Waals surface area (Å²) in [6.45, 7) is 4.95. The van der Waals surface area contributed by atoms with Crippen LogP contribution < -0.4 is 20.1 Å². The lowest BCUT2D eigenvalue weighted by Gasteiger charge is -2.19. The zero-order valence-corrected chi connectivity index (χ0v) is 14.5. The first-order chi connectivity index (χ1) is 10.7. The molecule has 0 bridgehead atoms. The molecule has 7 nitrogen and oxygen atoms in total. The molecule has 2 amide bonds. The van der Waals surface area contributed by atoms with E-state index in [1.807, 2.05) is 0 Å². The molecule has 0 aliphatic rings. The van der Waals surface area contributed by atoms with E-state index in [4.69, 9.17) is 25.8 Å². The van der Waals surface area contributed by atoms with E-state index in [1.165, 1.54) is 20.3 Å². The van der Waals surface area contributed by atoms with Crippen LogP contribution in [0.3, 0.4) is 0 Å². The Labute approximate surface area is 140 Å². The molecule has 0 fully saturated rings. The van der Waals surface area contributed by atoms with E-state index in [0.29, 0.717) is 22.2 Å². The van der Waals surface area contributed by atoms with Gasteiger partial charge in [0.1, 0.15) is 23.6 Å². The van der Waals surface area contributed by atoms with Gasteiger partial charge >= 0.3 is 6.09 Å². The van der Waals surface area contributed by atoms with Crippen molar-refractivity contribution in [1.29, 1.82) is 0 Å². The molecule has 0 saturated carbocycles. The number of methoxy groups -OCH3 is 2. The third-order valence-corrected chi connectivity index (χ3v) is 2.84. The predicted octanol–water partition coefficient (Wildman–Crippen LogP) is 2.82. The van der Waals surface area contributed by atoms with Crippen LogP contribution in [-0.2, 0) is 9.53 Å². The fourth-order valence-electron chi connectivity index (χ4n) is 1.62. The van der Waals surface area contributed by atoms with Crippen LogP contribution >= 0.6 is 11.6 Å². The van der Waals surface area contributed by atoms with Gasteiger partial charge in [-0.15, -0.1) is 0 Å². The maximum atomic E-state index is 11.9. The Morgan fingerprint density at radius 1 is 1.13 bits per heavy atom. The largest absolute Gasteiger partial charge is 0.495 e. The second-order valence-corrected chi connectivity index (χ2v) is 6.00. The summed E-state index contributed by atoms with van der Waals surface area (Å²) in [5.74, 6) is 0.362. The van der Waals surface area contributed by atoms with Gasteiger partial charge in [0.05, 0.1) is 24.9 Å². The van der Waals surface area contributed by atoms with Gasteiger partial charge in [-0.2, -0.15) is 0 Å². The van der Waals surface area contributed by atoms with Gasteiger partial charge in [0.2, 0.25) is 5.91 Å². The lowest BCUT2D eigenvalue weighted by Crippen LogP contribution is -2.37. The van der Waals surface area contributed by atoms with E-state index < -0.39 is 17.6 Å². The Hall–Kier alpha value is -2.15. The lowest BCUT2D eigenvalue weighted by atomic mass is 10.2. The van der Waals surface area contributed by atoms with Gasteiger partial charge in [-0.25, -0.2) is 4.79 Å². The number of ether oxygens (including phenoxy) is 3. The number of rotatable bonds is 5. The normalized spacial score (nSPS) is 10.7. The van der Waals surface area contributed by atoms with Crippen molar-refractivity contribution in [3.05, 3.63) is 17.2 Å². The average molecular weight is 345 g/mol. The van der Waals surface area contributed by atoms with Crippen LogP contribution in [0.25, 0.3) is 0 Å². The molecular formula is C15H21ClN2O5. The van der Waals surface area contributed by atoms with E-state index in [0.717, 1.165) is 0 Å².